The molecule has 0 aliphatic heterocycles. The SMILES string of the molecule is CCCCc1c(/C=C\C(=O)OCC)n(C(=O)N(C)C)c2cc(C(F)(F)F)ccc12. The van der Waals surface area contributed by atoms with Crippen molar-refractivity contribution in [3.8, 4) is 0 Å². The molecule has 0 fully saturated rings. The summed E-state index contributed by atoms with van der Waals surface area (Å²) in [5, 5.41) is 0.560. The van der Waals surface area contributed by atoms with Crippen molar-refractivity contribution >= 4 is 29.0 Å². The Balaban J connectivity index is 2.81. The van der Waals surface area contributed by atoms with E-state index in [0.29, 0.717) is 17.5 Å². The summed E-state index contributed by atoms with van der Waals surface area (Å²) in [6.45, 7) is 3.87. The van der Waals surface area contributed by atoms with Crippen LogP contribution >= 0.6 is 0 Å². The van der Waals surface area contributed by atoms with Gasteiger partial charge in [-0.15, -0.1) is 0 Å². The maximum atomic E-state index is 13.3. The molecule has 1 aromatic heterocycles. The molecule has 0 spiro atoms. The van der Waals surface area contributed by atoms with Gasteiger partial charge in [0.05, 0.1) is 23.4 Å². The Morgan fingerprint density at radius 2 is 1.90 bits per heavy atom. The highest BCUT2D eigenvalue weighted by Crippen LogP contribution is 2.35. The van der Waals surface area contributed by atoms with E-state index in [4.69, 9.17) is 4.74 Å². The molecule has 0 aliphatic carbocycles. The van der Waals surface area contributed by atoms with Gasteiger partial charge >= 0.3 is 18.2 Å². The van der Waals surface area contributed by atoms with Crippen molar-refractivity contribution in [3.05, 3.63) is 41.1 Å². The lowest BCUT2D eigenvalue weighted by Crippen LogP contribution is -2.28. The molecule has 0 saturated heterocycles. The van der Waals surface area contributed by atoms with Gasteiger partial charge in [-0.25, -0.2) is 9.59 Å². The Labute approximate surface area is 167 Å². The van der Waals surface area contributed by atoms with Crippen molar-refractivity contribution in [3.63, 3.8) is 0 Å². The number of carbonyl (C=O) groups is 2. The number of alkyl halides is 3. The van der Waals surface area contributed by atoms with Crippen LogP contribution in [0.2, 0.25) is 0 Å². The van der Waals surface area contributed by atoms with Crippen molar-refractivity contribution in [2.75, 3.05) is 20.7 Å². The van der Waals surface area contributed by atoms with Gasteiger partial charge < -0.3 is 9.64 Å². The second-order valence-corrected chi connectivity index (χ2v) is 6.79. The Hall–Kier alpha value is -2.77. The van der Waals surface area contributed by atoms with Crippen LogP contribution < -0.4 is 0 Å². The summed E-state index contributed by atoms with van der Waals surface area (Å²) in [4.78, 5) is 25.9. The Bertz CT molecular complexity index is 927. The number of hydrogen-bond donors (Lipinski definition) is 0. The maximum Gasteiger partial charge on any atom is 0.416 e. The average Bonchev–Trinajstić information content (AvgIpc) is 2.95. The third-order valence-corrected chi connectivity index (χ3v) is 4.46. The second-order valence-electron chi connectivity index (χ2n) is 6.79. The third-order valence-electron chi connectivity index (χ3n) is 4.46. The van der Waals surface area contributed by atoms with Gasteiger partial charge in [-0.3, -0.25) is 4.57 Å². The lowest BCUT2D eigenvalue weighted by Gasteiger charge is -2.15. The fraction of sp³-hybridized carbons (Fsp3) is 0.429. The van der Waals surface area contributed by atoms with Gasteiger partial charge in [0.2, 0.25) is 0 Å². The number of fused-ring (bicyclic) bond motifs is 1. The number of esters is 1. The Kier molecular flexibility index (Phi) is 7.11. The number of amides is 1. The van der Waals surface area contributed by atoms with Gasteiger partial charge in [0.1, 0.15) is 0 Å². The van der Waals surface area contributed by atoms with Gasteiger partial charge in [0.15, 0.2) is 0 Å². The normalized spacial score (nSPS) is 12.0. The van der Waals surface area contributed by atoms with Crippen molar-refractivity contribution in [2.45, 2.75) is 39.3 Å². The molecule has 8 heteroatoms. The summed E-state index contributed by atoms with van der Waals surface area (Å²) < 4.78 is 45.9. The quantitative estimate of drug-likeness (QED) is 0.491. The van der Waals surface area contributed by atoms with E-state index in [1.807, 2.05) is 6.92 Å². The topological polar surface area (TPSA) is 51.5 Å². The van der Waals surface area contributed by atoms with Crippen LogP contribution in [0, 0.1) is 0 Å². The van der Waals surface area contributed by atoms with Crippen LogP contribution in [-0.2, 0) is 22.1 Å². The van der Waals surface area contributed by atoms with E-state index in [9.17, 15) is 22.8 Å². The lowest BCUT2D eigenvalue weighted by atomic mass is 10.0. The number of ether oxygens (including phenoxy) is 1. The van der Waals surface area contributed by atoms with Crippen LogP contribution in [0.15, 0.2) is 24.3 Å². The molecule has 0 aliphatic rings. The molecule has 158 valence electrons. The molecule has 5 nitrogen and oxygen atoms in total. The van der Waals surface area contributed by atoms with Gasteiger partial charge in [0, 0.05) is 25.6 Å². The number of unbranched alkanes of at least 4 members (excludes halogenated alkanes) is 1. The van der Waals surface area contributed by atoms with Gasteiger partial charge in [-0.05, 0) is 43.5 Å². The largest absolute Gasteiger partial charge is 0.463 e. The molecule has 2 rings (SSSR count). The minimum Gasteiger partial charge on any atom is -0.463 e. The Morgan fingerprint density at radius 1 is 1.21 bits per heavy atom. The molecule has 29 heavy (non-hydrogen) atoms. The molecule has 1 aromatic carbocycles. The zero-order chi connectivity index (χ0) is 21.8. The first-order valence-electron chi connectivity index (χ1n) is 9.42. The van der Waals surface area contributed by atoms with Crippen LogP contribution in [0.1, 0.15) is 43.5 Å². The third kappa shape index (κ3) is 4.99. The monoisotopic (exact) mass is 410 g/mol. The number of halogens is 3. The number of benzene rings is 1. The molecule has 0 radical (unpaired) electrons. The summed E-state index contributed by atoms with van der Waals surface area (Å²) in [5.74, 6) is -0.584. The van der Waals surface area contributed by atoms with Crippen LogP contribution in [-0.4, -0.2) is 42.2 Å². The van der Waals surface area contributed by atoms with Crippen molar-refractivity contribution in [2.24, 2.45) is 0 Å². The number of nitrogens with zero attached hydrogens (tertiary/aromatic N) is 2. The number of carbonyl (C=O) groups excluding carboxylic acids is 2. The van der Waals surface area contributed by atoms with Crippen LogP contribution in [0.25, 0.3) is 17.0 Å². The fourth-order valence-corrected chi connectivity index (χ4v) is 3.09. The van der Waals surface area contributed by atoms with E-state index in [-0.39, 0.29) is 12.1 Å². The first-order chi connectivity index (χ1) is 13.6. The molecule has 1 amide bonds. The molecule has 0 atom stereocenters. The number of aromatic nitrogens is 1. The second kappa shape index (κ2) is 9.15. The first-order valence-corrected chi connectivity index (χ1v) is 9.42. The predicted molar refractivity (Wildman–Crippen MR) is 106 cm³/mol. The maximum absolute atomic E-state index is 13.3. The highest BCUT2D eigenvalue weighted by Gasteiger charge is 2.32. The summed E-state index contributed by atoms with van der Waals surface area (Å²) in [5.41, 5.74) is 0.442. The summed E-state index contributed by atoms with van der Waals surface area (Å²) >= 11 is 0. The fourth-order valence-electron chi connectivity index (χ4n) is 3.09. The van der Waals surface area contributed by atoms with Crippen LogP contribution in [0.5, 0.6) is 0 Å². The summed E-state index contributed by atoms with van der Waals surface area (Å²) in [6, 6.07) is 2.89. The van der Waals surface area contributed by atoms with E-state index in [1.165, 1.54) is 41.8 Å². The zero-order valence-electron chi connectivity index (χ0n) is 17.0. The molecule has 0 saturated carbocycles. The van der Waals surface area contributed by atoms with E-state index in [0.717, 1.165) is 30.5 Å². The summed E-state index contributed by atoms with van der Waals surface area (Å²) in [7, 11) is 3.04. The number of aryl methyl sites for hydroxylation is 1. The van der Waals surface area contributed by atoms with Gasteiger partial charge in [-0.2, -0.15) is 13.2 Å². The Morgan fingerprint density at radius 3 is 2.45 bits per heavy atom. The summed E-state index contributed by atoms with van der Waals surface area (Å²) in [6.07, 6.45) is 0.324. The van der Waals surface area contributed by atoms with E-state index < -0.39 is 23.7 Å². The average molecular weight is 410 g/mol. The van der Waals surface area contributed by atoms with Crippen molar-refractivity contribution < 1.29 is 27.5 Å². The predicted octanol–water partition coefficient (Wildman–Crippen LogP) is 5.11. The van der Waals surface area contributed by atoms with Gasteiger partial charge in [-0.1, -0.05) is 19.4 Å². The van der Waals surface area contributed by atoms with E-state index in [2.05, 4.69) is 0 Å². The molecular formula is C21H25F3N2O3. The first kappa shape index (κ1) is 22.5. The number of hydrogen-bond acceptors (Lipinski definition) is 3. The highest BCUT2D eigenvalue weighted by atomic mass is 19.4. The minimum atomic E-state index is -4.53. The minimum absolute atomic E-state index is 0.160. The standard InChI is InChI=1S/C21H25F3N2O3/c1-5-7-8-15-16-10-9-14(21(22,23)24)13-18(16)26(20(28)25(3)4)17(15)11-12-19(27)29-6-2/h9-13H,5-8H2,1-4H3/b12-11-. The zero-order valence-corrected chi connectivity index (χ0v) is 17.0. The lowest BCUT2D eigenvalue weighted by molar-refractivity contribution is -0.138. The van der Waals surface area contributed by atoms with E-state index >= 15 is 0 Å². The van der Waals surface area contributed by atoms with Crippen LogP contribution in [0.3, 0.4) is 0 Å². The van der Waals surface area contributed by atoms with Crippen molar-refractivity contribution in [1.29, 1.82) is 0 Å². The van der Waals surface area contributed by atoms with Crippen molar-refractivity contribution in [1.82, 2.24) is 9.47 Å². The number of rotatable bonds is 6. The molecule has 0 unspecified atom stereocenters. The highest BCUT2D eigenvalue weighted by molar-refractivity contribution is 5.99. The molecule has 1 heterocycles. The molecule has 2 aromatic rings. The smallest absolute Gasteiger partial charge is 0.416 e. The van der Waals surface area contributed by atoms with Crippen LogP contribution in [0.4, 0.5) is 18.0 Å². The molecule has 0 bridgehead atoms. The molecular weight excluding hydrogens is 385 g/mol. The van der Waals surface area contributed by atoms with E-state index in [1.54, 1.807) is 6.92 Å². The van der Waals surface area contributed by atoms with Gasteiger partial charge in [0.25, 0.3) is 0 Å². The molecule has 0 N–H and O–H groups in total.